The molecule has 3 rings (SSSR count). The Morgan fingerprint density at radius 2 is 2.15 bits per heavy atom. The summed E-state index contributed by atoms with van der Waals surface area (Å²) in [6, 6.07) is 4.19. The van der Waals surface area contributed by atoms with Gasteiger partial charge in [0.05, 0.1) is 5.69 Å². The molecule has 6 heteroatoms. The Labute approximate surface area is 116 Å². The number of halogens is 2. The van der Waals surface area contributed by atoms with Crippen molar-refractivity contribution in [2.45, 2.75) is 18.9 Å². The molecule has 0 N–H and O–H groups in total. The van der Waals surface area contributed by atoms with Gasteiger partial charge in [0.15, 0.2) is 11.6 Å². The van der Waals surface area contributed by atoms with Crippen molar-refractivity contribution in [1.82, 2.24) is 19.9 Å². The monoisotopic (exact) mass is 278 g/mol. The van der Waals surface area contributed by atoms with Crippen molar-refractivity contribution in [3.8, 4) is 0 Å². The van der Waals surface area contributed by atoms with Crippen molar-refractivity contribution < 1.29 is 8.78 Å². The Hall–Kier alpha value is -1.82. The first-order valence-corrected chi connectivity index (χ1v) is 6.64. The summed E-state index contributed by atoms with van der Waals surface area (Å²) in [5.74, 6) is -1.31. The van der Waals surface area contributed by atoms with E-state index in [1.54, 1.807) is 10.7 Å². The third kappa shape index (κ3) is 2.70. The van der Waals surface area contributed by atoms with Gasteiger partial charge < -0.3 is 0 Å². The topological polar surface area (TPSA) is 34.0 Å². The first-order valence-electron chi connectivity index (χ1n) is 6.64. The van der Waals surface area contributed by atoms with Crippen LogP contribution in [-0.4, -0.2) is 33.0 Å². The minimum Gasteiger partial charge on any atom is -0.297 e. The lowest BCUT2D eigenvalue weighted by atomic mass is 9.98. The lowest BCUT2D eigenvalue weighted by Crippen LogP contribution is -2.20. The normalized spacial score (nSPS) is 19.6. The van der Waals surface area contributed by atoms with Crippen LogP contribution in [0.5, 0.6) is 0 Å². The maximum atomic E-state index is 13.3. The molecule has 1 saturated heterocycles. The number of rotatable bonds is 3. The summed E-state index contributed by atoms with van der Waals surface area (Å²) in [5.41, 5.74) is 1.80. The van der Waals surface area contributed by atoms with Crippen molar-refractivity contribution >= 4 is 0 Å². The second-order valence-electron chi connectivity index (χ2n) is 5.28. The highest BCUT2D eigenvalue weighted by Crippen LogP contribution is 2.28. The van der Waals surface area contributed by atoms with Crippen molar-refractivity contribution in [2.24, 2.45) is 7.05 Å². The van der Waals surface area contributed by atoms with Gasteiger partial charge >= 0.3 is 0 Å². The molecule has 1 fully saturated rings. The van der Waals surface area contributed by atoms with Crippen LogP contribution < -0.4 is 0 Å². The van der Waals surface area contributed by atoms with Crippen molar-refractivity contribution in [2.75, 3.05) is 13.1 Å². The molecule has 0 aliphatic carbocycles. The van der Waals surface area contributed by atoms with E-state index in [9.17, 15) is 8.78 Å². The molecule has 2 aromatic rings. The van der Waals surface area contributed by atoms with Crippen LogP contribution in [0, 0.1) is 11.6 Å². The van der Waals surface area contributed by atoms with Crippen LogP contribution >= 0.6 is 0 Å². The van der Waals surface area contributed by atoms with E-state index in [4.69, 9.17) is 0 Å². The molecular formula is C14H16F2N4. The molecule has 106 valence electrons. The Kier molecular flexibility index (Phi) is 3.48. The zero-order chi connectivity index (χ0) is 14.1. The third-order valence-corrected chi connectivity index (χ3v) is 3.72. The first-order chi connectivity index (χ1) is 9.61. The summed E-state index contributed by atoms with van der Waals surface area (Å²) in [6.45, 7) is 2.51. The molecule has 0 bridgehead atoms. The predicted octanol–water partition coefficient (Wildman–Crippen LogP) is 2.08. The molecule has 1 atom stereocenters. The van der Waals surface area contributed by atoms with Crippen LogP contribution in [-0.2, 0) is 13.6 Å². The molecule has 0 amide bonds. The molecule has 0 radical (unpaired) electrons. The van der Waals surface area contributed by atoms with E-state index in [1.807, 2.05) is 13.2 Å². The molecule has 0 unspecified atom stereocenters. The average Bonchev–Trinajstić information content (AvgIpc) is 3.03. The van der Waals surface area contributed by atoms with Gasteiger partial charge in [0, 0.05) is 26.3 Å². The van der Waals surface area contributed by atoms with Crippen LogP contribution in [0.15, 0.2) is 24.4 Å². The number of aromatic nitrogens is 3. The van der Waals surface area contributed by atoms with Gasteiger partial charge in [-0.3, -0.25) is 9.58 Å². The van der Waals surface area contributed by atoms with Gasteiger partial charge in [-0.05, 0) is 36.6 Å². The highest BCUT2D eigenvalue weighted by Gasteiger charge is 2.25. The van der Waals surface area contributed by atoms with Gasteiger partial charge in [-0.2, -0.15) is 0 Å². The zero-order valence-corrected chi connectivity index (χ0v) is 11.3. The Morgan fingerprint density at radius 1 is 1.30 bits per heavy atom. The average molecular weight is 278 g/mol. The van der Waals surface area contributed by atoms with E-state index >= 15 is 0 Å². The molecule has 4 nitrogen and oxygen atoms in total. The zero-order valence-electron chi connectivity index (χ0n) is 11.3. The summed E-state index contributed by atoms with van der Waals surface area (Å²) in [6.07, 6.45) is 2.84. The lowest BCUT2D eigenvalue weighted by molar-refractivity contribution is 0.322. The lowest BCUT2D eigenvalue weighted by Gasteiger charge is -2.14. The summed E-state index contributed by atoms with van der Waals surface area (Å²) in [7, 11) is 1.84. The predicted molar refractivity (Wildman–Crippen MR) is 70.0 cm³/mol. The summed E-state index contributed by atoms with van der Waals surface area (Å²) in [5, 5.41) is 7.97. The second-order valence-corrected chi connectivity index (χ2v) is 5.28. The molecule has 0 saturated carbocycles. The third-order valence-electron chi connectivity index (χ3n) is 3.72. The highest BCUT2D eigenvalue weighted by molar-refractivity contribution is 5.23. The fourth-order valence-corrected chi connectivity index (χ4v) is 2.71. The minimum absolute atomic E-state index is 0.252. The fourth-order valence-electron chi connectivity index (χ4n) is 2.71. The molecule has 20 heavy (non-hydrogen) atoms. The number of aryl methyl sites for hydroxylation is 1. The van der Waals surface area contributed by atoms with Crippen molar-refractivity contribution in [3.63, 3.8) is 0 Å². The molecule has 1 aromatic heterocycles. The smallest absolute Gasteiger partial charge is 0.159 e. The van der Waals surface area contributed by atoms with Crippen LogP contribution in [0.2, 0.25) is 0 Å². The molecule has 1 aliphatic heterocycles. The molecule has 1 aliphatic rings. The SMILES string of the molecule is Cn1cc(CN2CC[C@H](c3ccc(F)c(F)c3)C2)nn1. The van der Waals surface area contributed by atoms with E-state index in [0.29, 0.717) is 0 Å². The number of hydrogen-bond acceptors (Lipinski definition) is 3. The van der Waals surface area contributed by atoms with Gasteiger partial charge in [0.25, 0.3) is 0 Å². The first kappa shape index (κ1) is 13.2. The van der Waals surface area contributed by atoms with Gasteiger partial charge in [-0.25, -0.2) is 8.78 Å². The number of hydrogen-bond donors (Lipinski definition) is 0. The van der Waals surface area contributed by atoms with Gasteiger partial charge in [-0.15, -0.1) is 5.10 Å². The van der Waals surface area contributed by atoms with Gasteiger partial charge in [0.1, 0.15) is 0 Å². The molecular weight excluding hydrogens is 262 g/mol. The maximum Gasteiger partial charge on any atom is 0.159 e. The van der Waals surface area contributed by atoms with Crippen molar-refractivity contribution in [1.29, 1.82) is 0 Å². The van der Waals surface area contributed by atoms with Gasteiger partial charge in [0.2, 0.25) is 0 Å². The fraction of sp³-hybridized carbons (Fsp3) is 0.429. The second kappa shape index (κ2) is 5.28. The standard InChI is InChI=1S/C14H16F2N4/c1-19-8-12(17-18-19)9-20-5-4-11(7-20)10-2-3-13(15)14(16)6-10/h2-3,6,8,11H,4-5,7,9H2,1H3/t11-/m0/s1. The van der Waals surface area contributed by atoms with Crippen molar-refractivity contribution in [3.05, 3.63) is 47.3 Å². The van der Waals surface area contributed by atoms with E-state index in [2.05, 4.69) is 15.2 Å². The van der Waals surface area contributed by atoms with Crippen LogP contribution in [0.3, 0.4) is 0 Å². The Bertz CT molecular complexity index is 611. The van der Waals surface area contributed by atoms with E-state index in [0.717, 1.165) is 37.3 Å². The number of benzene rings is 1. The summed E-state index contributed by atoms with van der Waals surface area (Å²) in [4.78, 5) is 2.26. The Balaban J connectivity index is 1.65. The van der Waals surface area contributed by atoms with Crippen LogP contribution in [0.1, 0.15) is 23.6 Å². The molecule has 1 aromatic carbocycles. The summed E-state index contributed by atoms with van der Waals surface area (Å²) >= 11 is 0. The maximum absolute atomic E-state index is 13.3. The highest BCUT2D eigenvalue weighted by atomic mass is 19.2. The van der Waals surface area contributed by atoms with Gasteiger partial charge in [-0.1, -0.05) is 11.3 Å². The quantitative estimate of drug-likeness (QED) is 0.862. The van der Waals surface area contributed by atoms with E-state index in [1.165, 1.54) is 12.1 Å². The van der Waals surface area contributed by atoms with Crippen LogP contribution in [0.4, 0.5) is 8.78 Å². The Morgan fingerprint density at radius 3 is 2.85 bits per heavy atom. The minimum atomic E-state index is -0.789. The van der Waals surface area contributed by atoms with Crippen LogP contribution in [0.25, 0.3) is 0 Å². The number of likely N-dealkylation sites (tertiary alicyclic amines) is 1. The molecule has 2 heterocycles. The number of nitrogens with zero attached hydrogens (tertiary/aromatic N) is 4. The van der Waals surface area contributed by atoms with E-state index in [-0.39, 0.29) is 5.92 Å². The van der Waals surface area contributed by atoms with E-state index < -0.39 is 11.6 Å². The largest absolute Gasteiger partial charge is 0.297 e. The molecule has 0 spiro atoms. The summed E-state index contributed by atoms with van der Waals surface area (Å²) < 4.78 is 27.9.